The van der Waals surface area contributed by atoms with Gasteiger partial charge in [-0.25, -0.2) is 4.79 Å². The standard InChI is InChI=1S/C14H11Br2NO2/c15-11-4-1-9(2-5-11)8-19-14(18)10-3-6-12(16)13(17)7-10/h1-7H,8,17H2. The molecule has 5 heteroatoms. The minimum atomic E-state index is -0.387. The monoisotopic (exact) mass is 383 g/mol. The van der Waals surface area contributed by atoms with Gasteiger partial charge < -0.3 is 10.5 Å². The van der Waals surface area contributed by atoms with E-state index in [4.69, 9.17) is 10.5 Å². The fourth-order valence-corrected chi connectivity index (χ4v) is 1.99. The summed E-state index contributed by atoms with van der Waals surface area (Å²) in [5, 5.41) is 0. The lowest BCUT2D eigenvalue weighted by Crippen LogP contribution is -2.06. The molecule has 2 aromatic rings. The van der Waals surface area contributed by atoms with Crippen molar-refractivity contribution in [1.29, 1.82) is 0 Å². The smallest absolute Gasteiger partial charge is 0.338 e. The summed E-state index contributed by atoms with van der Waals surface area (Å²) >= 11 is 6.63. The maximum Gasteiger partial charge on any atom is 0.338 e. The van der Waals surface area contributed by atoms with Crippen LogP contribution in [-0.4, -0.2) is 5.97 Å². The molecule has 0 atom stereocenters. The number of benzene rings is 2. The molecule has 98 valence electrons. The van der Waals surface area contributed by atoms with Gasteiger partial charge in [-0.1, -0.05) is 28.1 Å². The Hall–Kier alpha value is -1.33. The van der Waals surface area contributed by atoms with Gasteiger partial charge in [-0.2, -0.15) is 0 Å². The zero-order valence-electron chi connectivity index (χ0n) is 9.90. The fourth-order valence-electron chi connectivity index (χ4n) is 1.48. The Bertz CT molecular complexity index is 597. The molecule has 0 fully saturated rings. The molecule has 0 bridgehead atoms. The van der Waals surface area contributed by atoms with Crippen LogP contribution in [0.1, 0.15) is 15.9 Å². The number of ether oxygens (including phenoxy) is 1. The van der Waals surface area contributed by atoms with E-state index in [0.717, 1.165) is 14.5 Å². The van der Waals surface area contributed by atoms with Gasteiger partial charge in [0.25, 0.3) is 0 Å². The quantitative estimate of drug-likeness (QED) is 0.638. The minimum absolute atomic E-state index is 0.238. The predicted molar refractivity (Wildman–Crippen MR) is 81.8 cm³/mol. The summed E-state index contributed by atoms with van der Waals surface area (Å²) in [6.45, 7) is 0.238. The van der Waals surface area contributed by atoms with E-state index < -0.39 is 0 Å². The molecular formula is C14H11Br2NO2. The number of carbonyl (C=O) groups excluding carboxylic acids is 1. The Morgan fingerprint density at radius 2 is 1.79 bits per heavy atom. The van der Waals surface area contributed by atoms with Gasteiger partial charge in [0.15, 0.2) is 0 Å². The molecule has 0 amide bonds. The van der Waals surface area contributed by atoms with Crippen LogP contribution in [0.2, 0.25) is 0 Å². The third-order valence-electron chi connectivity index (χ3n) is 2.51. The first-order chi connectivity index (χ1) is 9.06. The van der Waals surface area contributed by atoms with Crippen molar-refractivity contribution < 1.29 is 9.53 Å². The third kappa shape index (κ3) is 3.81. The van der Waals surface area contributed by atoms with Crippen molar-refractivity contribution >= 4 is 43.5 Å². The Labute approximate surface area is 128 Å². The van der Waals surface area contributed by atoms with Crippen LogP contribution in [0.3, 0.4) is 0 Å². The van der Waals surface area contributed by atoms with E-state index in [1.807, 2.05) is 24.3 Å². The molecule has 2 aromatic carbocycles. The number of carbonyl (C=O) groups is 1. The molecule has 2 N–H and O–H groups in total. The Morgan fingerprint density at radius 1 is 1.11 bits per heavy atom. The van der Waals surface area contributed by atoms with Crippen molar-refractivity contribution in [2.24, 2.45) is 0 Å². The number of hydrogen-bond acceptors (Lipinski definition) is 3. The zero-order valence-corrected chi connectivity index (χ0v) is 13.1. The highest BCUT2D eigenvalue weighted by Crippen LogP contribution is 2.21. The average Bonchev–Trinajstić information content (AvgIpc) is 2.41. The molecule has 0 saturated carbocycles. The van der Waals surface area contributed by atoms with Crippen LogP contribution in [0, 0.1) is 0 Å². The van der Waals surface area contributed by atoms with E-state index in [1.165, 1.54) is 0 Å². The average molecular weight is 385 g/mol. The number of halogens is 2. The van der Waals surface area contributed by atoms with Gasteiger partial charge in [0.05, 0.1) is 5.56 Å². The lowest BCUT2D eigenvalue weighted by molar-refractivity contribution is 0.0473. The van der Waals surface area contributed by atoms with Crippen LogP contribution in [0.15, 0.2) is 51.4 Å². The second kappa shape index (κ2) is 6.21. The predicted octanol–water partition coefficient (Wildman–Crippen LogP) is 4.15. The summed E-state index contributed by atoms with van der Waals surface area (Å²) in [6, 6.07) is 12.6. The second-order valence-corrected chi connectivity index (χ2v) is 5.71. The van der Waals surface area contributed by atoms with Gasteiger partial charge in [0.2, 0.25) is 0 Å². The van der Waals surface area contributed by atoms with E-state index in [0.29, 0.717) is 11.3 Å². The number of rotatable bonds is 3. The third-order valence-corrected chi connectivity index (χ3v) is 3.77. The van der Waals surface area contributed by atoms with Crippen molar-refractivity contribution in [1.82, 2.24) is 0 Å². The molecular weight excluding hydrogens is 374 g/mol. The van der Waals surface area contributed by atoms with Crippen molar-refractivity contribution in [2.45, 2.75) is 6.61 Å². The summed E-state index contributed by atoms with van der Waals surface area (Å²) in [6.07, 6.45) is 0. The van der Waals surface area contributed by atoms with Crippen molar-refractivity contribution in [3.8, 4) is 0 Å². The van der Waals surface area contributed by atoms with E-state index in [2.05, 4.69) is 31.9 Å². The van der Waals surface area contributed by atoms with Gasteiger partial charge in [0.1, 0.15) is 6.61 Å². The number of esters is 1. The van der Waals surface area contributed by atoms with E-state index >= 15 is 0 Å². The molecule has 3 nitrogen and oxygen atoms in total. The van der Waals surface area contributed by atoms with Crippen molar-refractivity contribution in [3.05, 3.63) is 62.5 Å². The summed E-state index contributed by atoms with van der Waals surface area (Å²) in [5.74, 6) is -0.387. The fraction of sp³-hybridized carbons (Fsp3) is 0.0714. The lowest BCUT2D eigenvalue weighted by Gasteiger charge is -2.06. The van der Waals surface area contributed by atoms with Crippen LogP contribution in [0.4, 0.5) is 5.69 Å². The molecule has 0 spiro atoms. The number of nitrogens with two attached hydrogens (primary N) is 1. The van der Waals surface area contributed by atoms with Gasteiger partial charge in [-0.3, -0.25) is 0 Å². The highest BCUT2D eigenvalue weighted by atomic mass is 79.9. The molecule has 0 saturated heterocycles. The molecule has 0 aliphatic heterocycles. The topological polar surface area (TPSA) is 52.3 Å². The first-order valence-corrected chi connectivity index (χ1v) is 7.11. The molecule has 0 heterocycles. The molecule has 0 aliphatic carbocycles. The first-order valence-electron chi connectivity index (χ1n) is 5.53. The molecule has 19 heavy (non-hydrogen) atoms. The molecule has 0 radical (unpaired) electrons. The Balaban J connectivity index is 2.01. The van der Waals surface area contributed by atoms with Gasteiger partial charge in [-0.15, -0.1) is 0 Å². The number of anilines is 1. The first kappa shape index (κ1) is 14.1. The van der Waals surface area contributed by atoms with Crippen LogP contribution in [0.5, 0.6) is 0 Å². The molecule has 0 aliphatic rings. The largest absolute Gasteiger partial charge is 0.457 e. The van der Waals surface area contributed by atoms with Crippen LogP contribution in [0.25, 0.3) is 0 Å². The summed E-state index contributed by atoms with van der Waals surface area (Å²) < 4.78 is 6.97. The van der Waals surface area contributed by atoms with E-state index in [-0.39, 0.29) is 12.6 Å². The summed E-state index contributed by atoms with van der Waals surface area (Å²) in [5.41, 5.74) is 7.61. The maximum absolute atomic E-state index is 11.8. The summed E-state index contributed by atoms with van der Waals surface area (Å²) in [7, 11) is 0. The molecule has 2 rings (SSSR count). The molecule has 0 aromatic heterocycles. The number of hydrogen-bond donors (Lipinski definition) is 1. The Morgan fingerprint density at radius 3 is 2.42 bits per heavy atom. The lowest BCUT2D eigenvalue weighted by atomic mass is 10.2. The van der Waals surface area contributed by atoms with Gasteiger partial charge in [0, 0.05) is 14.6 Å². The molecule has 0 unspecified atom stereocenters. The van der Waals surface area contributed by atoms with Crippen molar-refractivity contribution in [2.75, 3.05) is 5.73 Å². The second-order valence-electron chi connectivity index (χ2n) is 3.94. The van der Waals surface area contributed by atoms with Gasteiger partial charge in [-0.05, 0) is 51.8 Å². The van der Waals surface area contributed by atoms with Gasteiger partial charge >= 0.3 is 5.97 Å². The van der Waals surface area contributed by atoms with Crippen LogP contribution in [-0.2, 0) is 11.3 Å². The Kier molecular flexibility index (Phi) is 4.61. The normalized spacial score (nSPS) is 10.2. The SMILES string of the molecule is Nc1cc(C(=O)OCc2ccc(Br)cc2)ccc1Br. The maximum atomic E-state index is 11.8. The highest BCUT2D eigenvalue weighted by molar-refractivity contribution is 9.10. The van der Waals surface area contributed by atoms with Crippen molar-refractivity contribution in [3.63, 3.8) is 0 Å². The zero-order chi connectivity index (χ0) is 13.8. The highest BCUT2D eigenvalue weighted by Gasteiger charge is 2.09. The van der Waals surface area contributed by atoms with Crippen LogP contribution < -0.4 is 5.73 Å². The van der Waals surface area contributed by atoms with E-state index in [1.54, 1.807) is 18.2 Å². The van der Waals surface area contributed by atoms with Crippen LogP contribution >= 0.6 is 31.9 Å². The number of nitrogen functional groups attached to an aromatic ring is 1. The summed E-state index contributed by atoms with van der Waals surface area (Å²) in [4.78, 5) is 11.8. The van der Waals surface area contributed by atoms with E-state index in [9.17, 15) is 4.79 Å². The minimum Gasteiger partial charge on any atom is -0.457 e.